The van der Waals surface area contributed by atoms with Gasteiger partial charge in [-0.05, 0) is 65.2 Å². The maximum atomic E-state index is 13.6. The first-order chi connectivity index (χ1) is 52.5. The summed E-state index contributed by atoms with van der Waals surface area (Å²) in [5, 5.41) is 167. The number of hydrogen-bond acceptors (Lipinski definition) is 28. The second-order valence-electron chi connectivity index (χ2n) is 32.3. The Morgan fingerprint density at radius 1 is 0.303 bits per heavy atom. The Bertz CT molecular complexity index is 2260. The van der Waals surface area contributed by atoms with Gasteiger partial charge in [-0.25, -0.2) is 0 Å². The maximum absolute atomic E-state index is 13.6. The third-order valence-electron chi connectivity index (χ3n) is 22.6. The van der Waals surface area contributed by atoms with Gasteiger partial charge < -0.3 is 129 Å². The van der Waals surface area contributed by atoms with Gasteiger partial charge in [-0.1, -0.05) is 238 Å². The molecule has 0 radical (unpaired) electrons. The number of carbonyl (C=O) groups excluding carboxylic acids is 2. The third-order valence-corrected chi connectivity index (χ3v) is 22.6. The van der Waals surface area contributed by atoms with E-state index in [0.29, 0.717) is 44.9 Å². The predicted molar refractivity (Wildman–Crippen MR) is 403 cm³/mol. The van der Waals surface area contributed by atoms with E-state index in [2.05, 4.69) is 0 Å². The monoisotopic (exact) mass is 1570 g/mol. The van der Waals surface area contributed by atoms with Crippen molar-refractivity contribution in [1.29, 1.82) is 0 Å². The summed E-state index contributed by atoms with van der Waals surface area (Å²) in [7, 11) is 0. The Hall–Kier alpha value is -2.02. The molecule has 5 fully saturated rings. The van der Waals surface area contributed by atoms with E-state index in [0.717, 1.165) is 193 Å². The zero-order valence-corrected chi connectivity index (χ0v) is 66.1. The van der Waals surface area contributed by atoms with E-state index < -0.39 is 173 Å². The summed E-state index contributed by atoms with van der Waals surface area (Å²) in [5.74, 6) is -1.54. The van der Waals surface area contributed by atoms with Crippen LogP contribution in [0.1, 0.15) is 316 Å². The van der Waals surface area contributed by atoms with Crippen LogP contribution in [0, 0.1) is 0 Å². The first kappa shape index (κ1) is 97.6. The van der Waals surface area contributed by atoms with Crippen LogP contribution in [0.5, 0.6) is 0 Å². The molecule has 5 saturated heterocycles. The summed E-state index contributed by atoms with van der Waals surface area (Å²) in [5.41, 5.74) is 0. The summed E-state index contributed by atoms with van der Waals surface area (Å²) in [4.78, 5) is 27.2. The van der Waals surface area contributed by atoms with Crippen LogP contribution in [0.3, 0.4) is 0 Å². The van der Waals surface area contributed by atoms with Crippen molar-refractivity contribution in [2.24, 2.45) is 0 Å². The number of aliphatic hydroxyl groups excluding tert-OH is 16. The van der Waals surface area contributed by atoms with E-state index in [1.54, 1.807) is 6.92 Å². The van der Waals surface area contributed by atoms with Crippen molar-refractivity contribution in [3.8, 4) is 0 Å². The number of carbonyl (C=O) groups is 2. The quantitative estimate of drug-likeness (QED) is 0.0216. The minimum absolute atomic E-state index is 0.209. The standard InChI is InChI=1S/C81H150O28/c1-54(84)40-32-25-19-13-7-3-4-8-14-20-26-34-42-56(102-78-74(96)70(92)66(88)60(50-82)106-78)43-35-27-21-15-9-5-11-17-23-29-37-46-58-48-64(86)100-52-63-69(91)73(95)77(99)81(109-63)105-59(49-65(87)101-53-62-68(90)72(94)76(98)80(104-58)108-62)47-38-30-24-18-12-6-10-16-22-28-36-44-57(45-39-31-33-41-55(2)85)103-79-75(97)71(93)67(89)61(51-83)107-79/h54-63,66-85,88-99H,3-53H2,1-2H3/t54-,55-,56-,57-,58+,59+,60-,61-,62+,63-,66+,67+,68-,69-,70+,71+,72+,73+,74+,75+,76+,77-,78-,79-,80-,81-/m1/s1. The minimum Gasteiger partial charge on any atom is -0.463 e. The molecule has 5 rings (SSSR count). The Morgan fingerprint density at radius 3 is 0.826 bits per heavy atom. The molecular formula is C81H150O28. The van der Waals surface area contributed by atoms with Crippen LogP contribution < -0.4 is 0 Å². The van der Waals surface area contributed by atoms with Gasteiger partial charge in [-0.2, -0.15) is 0 Å². The van der Waals surface area contributed by atoms with Gasteiger partial charge in [-0.15, -0.1) is 0 Å². The number of fused-ring (bicyclic) bond motifs is 4. The number of aliphatic hydroxyl groups is 16. The molecule has 0 aliphatic carbocycles. The highest BCUT2D eigenvalue weighted by atomic mass is 16.7. The minimum atomic E-state index is -1.76. The number of unbranched alkanes of at least 4 members (excludes halogenated alkanes) is 33. The number of esters is 2. The van der Waals surface area contributed by atoms with Crippen molar-refractivity contribution in [2.75, 3.05) is 26.4 Å². The number of ether oxygens (including phenoxy) is 10. The lowest BCUT2D eigenvalue weighted by Gasteiger charge is -2.42. The fourth-order valence-electron chi connectivity index (χ4n) is 15.5. The van der Waals surface area contributed by atoms with Crippen molar-refractivity contribution < 1.29 is 139 Å². The Labute approximate surface area is 649 Å². The topological polar surface area (TPSA) is 450 Å². The second kappa shape index (κ2) is 57.1. The Kier molecular flexibility index (Phi) is 51.1. The number of hydrogen-bond donors (Lipinski definition) is 16. The van der Waals surface area contributed by atoms with E-state index >= 15 is 0 Å². The molecule has 28 nitrogen and oxygen atoms in total. The molecule has 0 spiro atoms. The molecule has 0 aromatic carbocycles. The molecule has 5 heterocycles. The van der Waals surface area contributed by atoms with Gasteiger partial charge in [0.1, 0.15) is 111 Å². The van der Waals surface area contributed by atoms with Gasteiger partial charge in [-0.3, -0.25) is 9.59 Å². The van der Waals surface area contributed by atoms with E-state index in [9.17, 15) is 91.3 Å². The number of cyclic esters (lactones) is 2. The highest BCUT2D eigenvalue weighted by molar-refractivity contribution is 5.70. The van der Waals surface area contributed by atoms with Crippen LogP contribution in [0.4, 0.5) is 0 Å². The summed E-state index contributed by atoms with van der Waals surface area (Å²) >= 11 is 0. The molecule has 0 unspecified atom stereocenters. The average Bonchev–Trinajstić information content (AvgIpc) is 0.814. The molecule has 5 aliphatic heterocycles. The molecule has 28 heteroatoms. The van der Waals surface area contributed by atoms with Crippen molar-refractivity contribution in [1.82, 2.24) is 0 Å². The SMILES string of the molecule is C[C@@H](O)CCCCCCCCCCCCCC[C@H](CCCCCCCCCCCCC[C@H]1CC(=O)OC[C@H]2O[C@@H](O[C@@H](CCCCCCCCCCCCC[C@H](CCCCC[C@@H](C)O)O[C@@H]3O[C@H](CO)[C@H](O)[C@H](O)[C@@H]3O)CC(=O)OC[C@@H]3O[C@@H](O1)[C@@H](O)[C@@H](O)[C@@H]3O)[C@H](O)[C@@H](O)[C@@H]2O)O[C@@H]1O[C@H](CO)[C@H](O)[C@H](O)[C@@H]1O. The van der Waals surface area contributed by atoms with Crippen LogP contribution in [0.15, 0.2) is 0 Å². The van der Waals surface area contributed by atoms with Gasteiger partial charge in [0, 0.05) is 0 Å². The first-order valence-corrected chi connectivity index (χ1v) is 42.8. The normalized spacial score (nSPS) is 32.9. The number of rotatable bonds is 55. The summed E-state index contributed by atoms with van der Waals surface area (Å²) in [6.07, 6.45) is 9.66. The molecule has 5 aliphatic rings. The smallest absolute Gasteiger partial charge is 0.308 e. The van der Waals surface area contributed by atoms with Gasteiger partial charge in [0.2, 0.25) is 0 Å². The molecule has 16 N–H and O–H groups in total. The molecule has 0 saturated carbocycles. The van der Waals surface area contributed by atoms with Crippen molar-refractivity contribution in [3.05, 3.63) is 0 Å². The summed E-state index contributed by atoms with van der Waals surface area (Å²) in [6.45, 7) is 1.47. The molecule has 0 aromatic heterocycles. The first-order valence-electron chi connectivity index (χ1n) is 42.8. The fourth-order valence-corrected chi connectivity index (χ4v) is 15.5. The lowest BCUT2D eigenvalue weighted by molar-refractivity contribution is -0.316. The molecular weight excluding hydrogens is 1420 g/mol. The zero-order chi connectivity index (χ0) is 79.3. The van der Waals surface area contributed by atoms with E-state index in [-0.39, 0.29) is 37.3 Å². The summed E-state index contributed by atoms with van der Waals surface area (Å²) < 4.78 is 59.3. The van der Waals surface area contributed by atoms with Crippen molar-refractivity contribution in [3.63, 3.8) is 0 Å². The molecule has 109 heavy (non-hydrogen) atoms. The molecule has 0 aromatic rings. The van der Waals surface area contributed by atoms with Crippen LogP contribution >= 0.6 is 0 Å². The fraction of sp³-hybridized carbons (Fsp3) is 0.975. The zero-order valence-electron chi connectivity index (χ0n) is 66.1. The van der Waals surface area contributed by atoms with Crippen molar-refractivity contribution in [2.45, 2.75) is 475 Å². The lowest BCUT2D eigenvalue weighted by atomic mass is 9.98. The van der Waals surface area contributed by atoms with Crippen LogP contribution in [-0.4, -0.2) is 280 Å². The second-order valence-corrected chi connectivity index (χ2v) is 32.3. The van der Waals surface area contributed by atoms with E-state index in [4.69, 9.17) is 47.4 Å². The van der Waals surface area contributed by atoms with Crippen LogP contribution in [0.25, 0.3) is 0 Å². The van der Waals surface area contributed by atoms with E-state index in [1.807, 2.05) is 6.92 Å². The molecule has 642 valence electrons. The Balaban J connectivity index is 0.994. The van der Waals surface area contributed by atoms with Crippen LogP contribution in [-0.2, 0) is 57.0 Å². The lowest BCUT2D eigenvalue weighted by Crippen LogP contribution is -2.60. The molecule has 0 amide bonds. The predicted octanol–water partition coefficient (Wildman–Crippen LogP) is 6.94. The average molecular weight is 1570 g/mol. The summed E-state index contributed by atoms with van der Waals surface area (Å²) in [6, 6.07) is 0. The van der Waals surface area contributed by atoms with Gasteiger partial charge in [0.15, 0.2) is 25.2 Å². The highest BCUT2D eigenvalue weighted by Gasteiger charge is 2.50. The third kappa shape index (κ3) is 38.3. The maximum Gasteiger partial charge on any atom is 0.308 e. The molecule has 4 bridgehead atoms. The van der Waals surface area contributed by atoms with Crippen molar-refractivity contribution >= 4 is 11.9 Å². The van der Waals surface area contributed by atoms with Crippen LogP contribution in [0.2, 0.25) is 0 Å². The van der Waals surface area contributed by atoms with Gasteiger partial charge in [0.25, 0.3) is 0 Å². The molecule has 26 atom stereocenters. The van der Waals surface area contributed by atoms with E-state index in [1.165, 1.54) is 51.4 Å². The highest BCUT2D eigenvalue weighted by Crippen LogP contribution is 2.33. The largest absolute Gasteiger partial charge is 0.463 e. The van der Waals surface area contributed by atoms with Gasteiger partial charge >= 0.3 is 11.9 Å². The van der Waals surface area contributed by atoms with Gasteiger partial charge in [0.05, 0.1) is 62.7 Å². The Morgan fingerprint density at radius 2 is 0.550 bits per heavy atom.